The molecule has 0 bridgehead atoms. The molecule has 0 saturated carbocycles. The van der Waals surface area contributed by atoms with Gasteiger partial charge in [0.2, 0.25) is 0 Å². The Hall–Kier alpha value is -7.20. The van der Waals surface area contributed by atoms with E-state index in [0.29, 0.717) is 0 Å². The molecule has 1 spiro atoms. The highest BCUT2D eigenvalue weighted by Crippen LogP contribution is 2.67. The largest absolute Gasteiger partial charge is 0.456 e. The first-order valence-electron chi connectivity index (χ1n) is 21.3. The molecule has 0 saturated heterocycles. The Kier molecular flexibility index (Phi) is 6.48. The lowest BCUT2D eigenvalue weighted by Gasteiger charge is -2.36. The van der Waals surface area contributed by atoms with Crippen molar-refractivity contribution in [2.75, 3.05) is 4.90 Å². The summed E-state index contributed by atoms with van der Waals surface area (Å²) in [6, 6.07) is 70.5. The van der Waals surface area contributed by atoms with E-state index in [2.05, 4.69) is 207 Å². The van der Waals surface area contributed by atoms with E-state index in [9.17, 15) is 0 Å². The van der Waals surface area contributed by atoms with E-state index >= 15 is 0 Å². The van der Waals surface area contributed by atoms with Crippen molar-refractivity contribution in [3.63, 3.8) is 0 Å². The third-order valence-electron chi connectivity index (χ3n) is 14.3. The molecular weight excluding hydrogens is 759 g/mol. The summed E-state index contributed by atoms with van der Waals surface area (Å²) >= 11 is 1.93. The van der Waals surface area contributed by atoms with E-state index in [1.54, 1.807) is 0 Å². The van der Waals surface area contributed by atoms with Crippen molar-refractivity contribution in [3.8, 4) is 33.4 Å². The van der Waals surface area contributed by atoms with Gasteiger partial charge >= 0.3 is 0 Å². The molecule has 2 heterocycles. The van der Waals surface area contributed by atoms with Crippen LogP contribution in [-0.2, 0) is 10.8 Å². The summed E-state index contributed by atoms with van der Waals surface area (Å²) in [5, 5.41) is 4.89. The Morgan fingerprint density at radius 3 is 1.90 bits per heavy atom. The fourth-order valence-corrected chi connectivity index (χ4v) is 13.0. The van der Waals surface area contributed by atoms with Crippen LogP contribution in [0.1, 0.15) is 47.2 Å². The fourth-order valence-electron chi connectivity index (χ4n) is 11.7. The van der Waals surface area contributed by atoms with Crippen LogP contribution in [0.2, 0.25) is 0 Å². The zero-order valence-electron chi connectivity index (χ0n) is 33.7. The van der Waals surface area contributed by atoms with Gasteiger partial charge in [0.15, 0.2) is 0 Å². The maximum absolute atomic E-state index is 6.43. The van der Waals surface area contributed by atoms with Crippen molar-refractivity contribution in [3.05, 3.63) is 221 Å². The first kappa shape index (κ1) is 33.6. The number of nitrogens with zero attached hydrogens (tertiary/aromatic N) is 1. The zero-order chi connectivity index (χ0) is 40.2. The second-order valence-electron chi connectivity index (χ2n) is 17.5. The van der Waals surface area contributed by atoms with Crippen LogP contribution in [0, 0.1) is 0 Å². The van der Waals surface area contributed by atoms with Gasteiger partial charge in [-0.05, 0) is 104 Å². The average Bonchev–Trinajstić information content (AvgIpc) is 4.08. The van der Waals surface area contributed by atoms with E-state index in [-0.39, 0.29) is 5.41 Å². The SMILES string of the molecule is CC1(C)c2ccccc2-c2ccc(N(c3ccc4oc5ccccc5c4c3)c3cccc4c3C3(c5ccccc5-4)c4ccccc4-c4c3ccc3c4sc4ccccc43)cc21. The molecule has 1 atom stereocenters. The fraction of sp³-hybridized carbons (Fsp3) is 0.0690. The van der Waals surface area contributed by atoms with Crippen LogP contribution in [0.5, 0.6) is 0 Å². The minimum atomic E-state index is -0.560. The molecule has 1 unspecified atom stereocenters. The summed E-state index contributed by atoms with van der Waals surface area (Å²) in [4.78, 5) is 2.55. The monoisotopic (exact) mass is 795 g/mol. The quantitative estimate of drug-likeness (QED) is 0.177. The molecule has 2 aromatic heterocycles. The average molecular weight is 796 g/mol. The lowest BCUT2D eigenvalue weighted by molar-refractivity contribution is 0.660. The van der Waals surface area contributed by atoms with Crippen molar-refractivity contribution in [1.29, 1.82) is 0 Å². The summed E-state index contributed by atoms with van der Waals surface area (Å²) < 4.78 is 9.12. The molecule has 3 heteroatoms. The molecule has 3 aliphatic carbocycles. The lowest BCUT2D eigenvalue weighted by Crippen LogP contribution is -2.28. The number of fused-ring (bicyclic) bond motifs is 20. The third kappa shape index (κ3) is 4.17. The zero-order valence-corrected chi connectivity index (χ0v) is 34.5. The van der Waals surface area contributed by atoms with Gasteiger partial charge in [0.25, 0.3) is 0 Å². The molecule has 0 fully saturated rings. The maximum atomic E-state index is 6.43. The number of hydrogen-bond acceptors (Lipinski definition) is 3. The van der Waals surface area contributed by atoms with E-state index in [0.717, 1.165) is 33.3 Å². The molecule has 286 valence electrons. The lowest BCUT2D eigenvalue weighted by atomic mass is 9.70. The van der Waals surface area contributed by atoms with Gasteiger partial charge in [-0.25, -0.2) is 0 Å². The number of anilines is 3. The highest BCUT2D eigenvalue weighted by Gasteiger charge is 2.54. The smallest absolute Gasteiger partial charge is 0.135 e. The summed E-state index contributed by atoms with van der Waals surface area (Å²) in [5.41, 5.74) is 20.5. The van der Waals surface area contributed by atoms with Crippen LogP contribution in [-0.4, -0.2) is 0 Å². The second kappa shape index (κ2) is 11.8. The van der Waals surface area contributed by atoms with Gasteiger partial charge in [-0.2, -0.15) is 0 Å². The Morgan fingerprint density at radius 1 is 0.426 bits per heavy atom. The van der Waals surface area contributed by atoms with E-state index in [1.807, 2.05) is 11.3 Å². The molecule has 0 N–H and O–H groups in total. The van der Waals surface area contributed by atoms with Crippen molar-refractivity contribution in [2.24, 2.45) is 0 Å². The molecule has 2 nitrogen and oxygen atoms in total. The molecule has 11 aromatic rings. The van der Waals surface area contributed by atoms with Gasteiger partial charge in [-0.3, -0.25) is 0 Å². The predicted molar refractivity (Wildman–Crippen MR) is 255 cm³/mol. The normalized spacial score (nSPS) is 16.2. The molecule has 0 amide bonds. The standard InChI is InChI=1S/C58H37NOS/c1-57(2)45-20-8-3-14-36(45)38-28-26-35(33-49(38)57)59(34-27-31-52-44(32-34)39-16-6-11-24-51(39)60-52)50-23-13-19-41-37-15-4-9-21-46(37)58(55(41)50)47-22-10-5-18-43(47)54-48(58)30-29-42-40-17-7-12-25-53(40)61-56(42)54/h3-33H,1-2H3. The van der Waals surface area contributed by atoms with Crippen molar-refractivity contribution in [1.82, 2.24) is 0 Å². The molecule has 61 heavy (non-hydrogen) atoms. The Labute approximate surface area is 357 Å². The van der Waals surface area contributed by atoms with Gasteiger partial charge < -0.3 is 9.32 Å². The summed E-state index contributed by atoms with van der Waals surface area (Å²) in [7, 11) is 0. The van der Waals surface area contributed by atoms with Crippen molar-refractivity contribution >= 4 is 70.5 Å². The molecule has 3 aliphatic rings. The molecule has 14 rings (SSSR count). The first-order valence-corrected chi connectivity index (χ1v) is 22.1. The number of thiophene rings is 1. The maximum Gasteiger partial charge on any atom is 0.135 e. The van der Waals surface area contributed by atoms with Crippen molar-refractivity contribution in [2.45, 2.75) is 24.7 Å². The topological polar surface area (TPSA) is 16.4 Å². The van der Waals surface area contributed by atoms with Crippen LogP contribution in [0.25, 0.3) is 75.5 Å². The van der Waals surface area contributed by atoms with Crippen LogP contribution < -0.4 is 4.90 Å². The van der Waals surface area contributed by atoms with Gasteiger partial charge in [0, 0.05) is 58.9 Å². The van der Waals surface area contributed by atoms with Crippen molar-refractivity contribution < 1.29 is 4.42 Å². The van der Waals surface area contributed by atoms with E-state index in [4.69, 9.17) is 4.42 Å². The summed E-state index contributed by atoms with van der Waals surface area (Å²) in [6.07, 6.45) is 0. The van der Waals surface area contributed by atoms with Gasteiger partial charge in [-0.1, -0.05) is 153 Å². The Morgan fingerprint density at radius 2 is 1.05 bits per heavy atom. The van der Waals surface area contributed by atoms with Crippen LogP contribution in [0.3, 0.4) is 0 Å². The third-order valence-corrected chi connectivity index (χ3v) is 15.5. The highest BCUT2D eigenvalue weighted by molar-refractivity contribution is 7.26. The molecule has 0 aliphatic heterocycles. The number of benzene rings is 9. The van der Waals surface area contributed by atoms with E-state index < -0.39 is 5.41 Å². The molecule has 0 radical (unpaired) electrons. The number of para-hydroxylation sites is 1. The summed E-state index contributed by atoms with van der Waals surface area (Å²) in [5.74, 6) is 0. The minimum Gasteiger partial charge on any atom is -0.456 e. The Bertz CT molecular complexity index is 3710. The predicted octanol–water partition coefficient (Wildman–Crippen LogP) is 16.1. The van der Waals surface area contributed by atoms with Crippen LogP contribution in [0.15, 0.2) is 192 Å². The number of hydrogen-bond donors (Lipinski definition) is 0. The minimum absolute atomic E-state index is 0.159. The van der Waals surface area contributed by atoms with E-state index in [1.165, 1.54) is 92.6 Å². The van der Waals surface area contributed by atoms with Crippen LogP contribution in [0.4, 0.5) is 17.1 Å². The Balaban J connectivity index is 1.10. The second-order valence-corrected chi connectivity index (χ2v) is 18.6. The van der Waals surface area contributed by atoms with Gasteiger partial charge in [-0.15, -0.1) is 11.3 Å². The number of furan rings is 1. The molecular formula is C58H37NOS. The number of rotatable bonds is 3. The highest BCUT2D eigenvalue weighted by atomic mass is 32.1. The van der Waals surface area contributed by atoms with Gasteiger partial charge in [0.05, 0.1) is 11.1 Å². The van der Waals surface area contributed by atoms with Gasteiger partial charge in [0.1, 0.15) is 11.2 Å². The summed E-state index contributed by atoms with van der Waals surface area (Å²) in [6.45, 7) is 4.75. The van der Waals surface area contributed by atoms with Crippen LogP contribution >= 0.6 is 11.3 Å². The molecule has 9 aromatic carbocycles. The first-order chi connectivity index (χ1) is 30.0.